The molecule has 3 heterocycles. The number of furan rings is 3. The number of hydrogen-bond donors (Lipinski definition) is 3. The van der Waals surface area contributed by atoms with E-state index in [9.17, 15) is 0 Å². The summed E-state index contributed by atoms with van der Waals surface area (Å²) in [6.07, 6.45) is 10.4. The minimum atomic E-state index is 0.0758. The summed E-state index contributed by atoms with van der Waals surface area (Å²) in [5.74, 6) is 2.08. The SMILES string of the molecule is Cc1ccccc1.N=C(N)c1ccc2c3c(oc2c1)C=CCC3.NCC1=CCCc2oc3ccc(-c4cccc5oc6ccccc6c45)cc3c21. The van der Waals surface area contributed by atoms with Crippen LogP contribution in [0.25, 0.3) is 66.7 Å². The van der Waals surface area contributed by atoms with Crippen LogP contribution in [0.15, 0.2) is 135 Å². The molecule has 8 aromatic rings. The molecule has 6 nitrogen and oxygen atoms in total. The van der Waals surface area contributed by atoms with Crippen molar-refractivity contribution in [2.24, 2.45) is 11.5 Å². The van der Waals surface area contributed by atoms with Gasteiger partial charge < -0.3 is 24.7 Å². The first-order chi connectivity index (χ1) is 25.0. The number of rotatable bonds is 3. The van der Waals surface area contributed by atoms with Crippen molar-refractivity contribution in [1.29, 1.82) is 5.41 Å². The molecule has 0 bridgehead atoms. The highest BCUT2D eigenvalue weighted by Gasteiger charge is 2.21. The van der Waals surface area contributed by atoms with Crippen molar-refractivity contribution >= 4 is 61.4 Å². The molecule has 0 radical (unpaired) electrons. The zero-order chi connectivity index (χ0) is 34.9. The predicted octanol–water partition coefficient (Wildman–Crippen LogP) is 11.0. The zero-order valence-corrected chi connectivity index (χ0v) is 28.5. The van der Waals surface area contributed by atoms with Gasteiger partial charge in [0.05, 0.1) is 0 Å². The molecule has 0 atom stereocenters. The third-order valence-electron chi connectivity index (χ3n) is 9.68. The van der Waals surface area contributed by atoms with Crippen LogP contribution in [0.4, 0.5) is 0 Å². The molecule has 0 saturated heterocycles. The van der Waals surface area contributed by atoms with Gasteiger partial charge in [-0.2, -0.15) is 0 Å². The third kappa shape index (κ3) is 6.15. The average molecular weight is 670 g/mol. The van der Waals surface area contributed by atoms with Crippen LogP contribution in [0.2, 0.25) is 0 Å². The van der Waals surface area contributed by atoms with E-state index < -0.39 is 0 Å². The molecule has 0 spiro atoms. The molecule has 0 amide bonds. The number of hydrogen-bond acceptors (Lipinski definition) is 5. The second kappa shape index (κ2) is 13.7. The highest BCUT2D eigenvalue weighted by molar-refractivity contribution is 6.13. The number of para-hydroxylation sites is 1. The first kappa shape index (κ1) is 32.1. The molecule has 51 heavy (non-hydrogen) atoms. The molecule has 0 fully saturated rings. The Morgan fingerprint density at radius 2 is 1.51 bits per heavy atom. The van der Waals surface area contributed by atoms with Crippen LogP contribution >= 0.6 is 0 Å². The highest BCUT2D eigenvalue weighted by atomic mass is 16.3. The van der Waals surface area contributed by atoms with Gasteiger partial charge in [-0.25, -0.2) is 0 Å². The Morgan fingerprint density at radius 1 is 0.706 bits per heavy atom. The largest absolute Gasteiger partial charge is 0.460 e. The summed E-state index contributed by atoms with van der Waals surface area (Å²) in [5.41, 5.74) is 23.1. The Bertz CT molecular complexity index is 2620. The number of aryl methyl sites for hydroxylation is 3. The molecule has 3 aromatic heterocycles. The van der Waals surface area contributed by atoms with E-state index in [1.54, 1.807) is 0 Å². The zero-order valence-electron chi connectivity index (χ0n) is 28.5. The number of allylic oxidation sites excluding steroid dienone is 2. The fourth-order valence-electron chi connectivity index (χ4n) is 7.21. The summed E-state index contributed by atoms with van der Waals surface area (Å²) < 4.78 is 18.0. The van der Waals surface area contributed by atoms with Crippen LogP contribution in [0.3, 0.4) is 0 Å². The van der Waals surface area contributed by atoms with E-state index >= 15 is 0 Å². The van der Waals surface area contributed by atoms with Crippen molar-refractivity contribution < 1.29 is 13.3 Å². The summed E-state index contributed by atoms with van der Waals surface area (Å²) in [7, 11) is 0. The van der Waals surface area contributed by atoms with Crippen molar-refractivity contribution in [3.05, 3.63) is 155 Å². The molecule has 2 aliphatic carbocycles. The van der Waals surface area contributed by atoms with Crippen LogP contribution in [-0.4, -0.2) is 12.4 Å². The number of nitrogen functional groups attached to an aromatic ring is 1. The summed E-state index contributed by atoms with van der Waals surface area (Å²) >= 11 is 0. The van der Waals surface area contributed by atoms with Gasteiger partial charge >= 0.3 is 0 Å². The monoisotopic (exact) mass is 669 g/mol. The summed E-state index contributed by atoms with van der Waals surface area (Å²) in [5, 5.41) is 12.0. The Labute approximate surface area is 296 Å². The lowest BCUT2D eigenvalue weighted by Crippen LogP contribution is -2.10. The van der Waals surface area contributed by atoms with Gasteiger partial charge in [0.25, 0.3) is 0 Å². The van der Waals surface area contributed by atoms with Gasteiger partial charge in [0.2, 0.25) is 0 Å². The second-order valence-corrected chi connectivity index (χ2v) is 13.0. The first-order valence-corrected chi connectivity index (χ1v) is 17.4. The van der Waals surface area contributed by atoms with Gasteiger partial charge in [-0.05, 0) is 79.3 Å². The molecule has 252 valence electrons. The molecular weight excluding hydrogens is 631 g/mol. The van der Waals surface area contributed by atoms with Crippen molar-refractivity contribution in [2.75, 3.05) is 6.54 Å². The lowest BCUT2D eigenvalue weighted by molar-refractivity contribution is 0.545. The molecule has 6 heteroatoms. The second-order valence-electron chi connectivity index (χ2n) is 13.0. The van der Waals surface area contributed by atoms with Crippen molar-refractivity contribution in [3.8, 4) is 11.1 Å². The molecule has 0 unspecified atom stereocenters. The smallest absolute Gasteiger partial charge is 0.136 e. The normalized spacial score (nSPS) is 13.3. The van der Waals surface area contributed by atoms with E-state index in [2.05, 4.69) is 73.7 Å². The molecule has 5 N–H and O–H groups in total. The van der Waals surface area contributed by atoms with E-state index in [4.69, 9.17) is 30.1 Å². The van der Waals surface area contributed by atoms with Gasteiger partial charge in [0.15, 0.2) is 0 Å². The number of amidine groups is 1. The summed E-state index contributed by atoms with van der Waals surface area (Å²) in [6, 6.07) is 36.9. The maximum atomic E-state index is 7.40. The molecular formula is C45H39N3O3. The van der Waals surface area contributed by atoms with E-state index in [0.29, 0.717) is 12.1 Å². The van der Waals surface area contributed by atoms with E-state index in [1.165, 1.54) is 27.8 Å². The van der Waals surface area contributed by atoms with Crippen LogP contribution in [0.1, 0.15) is 46.6 Å². The van der Waals surface area contributed by atoms with Gasteiger partial charge in [-0.3, -0.25) is 5.41 Å². The summed E-state index contributed by atoms with van der Waals surface area (Å²) in [6.45, 7) is 2.62. The molecule has 10 rings (SSSR count). The first-order valence-electron chi connectivity index (χ1n) is 17.4. The van der Waals surface area contributed by atoms with E-state index in [1.807, 2.05) is 60.7 Å². The highest BCUT2D eigenvalue weighted by Crippen LogP contribution is 2.41. The number of nitrogens with one attached hydrogen (secondary N) is 1. The fourth-order valence-corrected chi connectivity index (χ4v) is 7.21. The Kier molecular flexibility index (Phi) is 8.60. The minimum Gasteiger partial charge on any atom is -0.460 e. The van der Waals surface area contributed by atoms with Crippen molar-refractivity contribution in [1.82, 2.24) is 0 Å². The van der Waals surface area contributed by atoms with Crippen molar-refractivity contribution in [3.63, 3.8) is 0 Å². The number of fused-ring (bicyclic) bond motifs is 9. The van der Waals surface area contributed by atoms with Crippen LogP contribution in [-0.2, 0) is 12.8 Å². The topological polar surface area (TPSA) is 115 Å². The quantitative estimate of drug-likeness (QED) is 0.128. The standard InChI is InChI=1S/C25H19NO2.C13H12N2O.C7H8/c26-14-16-5-3-9-22-24(16)19-13-15(11-12-21(19)28-22)17-7-4-10-23-25(17)18-6-1-2-8-20(18)27-23;14-13(15)8-5-6-10-9-3-1-2-4-11(9)16-12(10)7-8;1-7-5-3-2-4-6-7/h1-2,4-8,10-13H,3,9,14,26H2;2,4-7H,1,3H2,(H3,14,15);2-6H,1H3. The maximum absolute atomic E-state index is 7.40. The fraction of sp³-hybridized carbons (Fsp3) is 0.133. The van der Waals surface area contributed by atoms with Crippen molar-refractivity contribution in [2.45, 2.75) is 32.6 Å². The van der Waals surface area contributed by atoms with Crippen LogP contribution < -0.4 is 11.5 Å². The van der Waals surface area contributed by atoms with E-state index in [0.717, 1.165) is 86.6 Å². The maximum Gasteiger partial charge on any atom is 0.136 e. The molecule has 0 saturated carbocycles. The molecule has 0 aliphatic heterocycles. The average Bonchev–Trinajstić information content (AvgIpc) is 3.86. The van der Waals surface area contributed by atoms with Gasteiger partial charge in [0, 0.05) is 51.2 Å². The van der Waals surface area contributed by atoms with Crippen LogP contribution in [0, 0.1) is 12.3 Å². The Hall–Kier alpha value is -6.11. The number of benzene rings is 5. The lowest BCUT2D eigenvalue weighted by Gasteiger charge is -2.11. The Balaban J connectivity index is 0.000000136. The summed E-state index contributed by atoms with van der Waals surface area (Å²) in [4.78, 5) is 0. The van der Waals surface area contributed by atoms with Gasteiger partial charge in [-0.1, -0.05) is 96.6 Å². The molecule has 5 aromatic carbocycles. The third-order valence-corrected chi connectivity index (χ3v) is 9.68. The van der Waals surface area contributed by atoms with Crippen LogP contribution in [0.5, 0.6) is 0 Å². The van der Waals surface area contributed by atoms with Gasteiger partial charge in [-0.15, -0.1) is 0 Å². The van der Waals surface area contributed by atoms with Gasteiger partial charge in [0.1, 0.15) is 39.7 Å². The number of nitrogens with two attached hydrogens (primary N) is 2. The molecule has 2 aliphatic rings. The lowest BCUT2D eigenvalue weighted by atomic mass is 9.92. The Morgan fingerprint density at radius 3 is 2.31 bits per heavy atom. The minimum absolute atomic E-state index is 0.0758. The van der Waals surface area contributed by atoms with E-state index in [-0.39, 0.29) is 5.84 Å². The predicted molar refractivity (Wildman–Crippen MR) is 210 cm³/mol.